The van der Waals surface area contributed by atoms with Gasteiger partial charge in [0.1, 0.15) is 24.5 Å². The van der Waals surface area contributed by atoms with Crippen molar-refractivity contribution >= 4 is 28.3 Å². The highest BCUT2D eigenvalue weighted by molar-refractivity contribution is 6.31. The summed E-state index contributed by atoms with van der Waals surface area (Å²) in [7, 11) is 0. The number of esters is 1. The van der Waals surface area contributed by atoms with Crippen LogP contribution >= 0.6 is 11.6 Å². The highest BCUT2D eigenvalue weighted by atomic mass is 35.5. The average Bonchev–Trinajstić information content (AvgIpc) is 3.19. The Labute approximate surface area is 245 Å². The van der Waals surface area contributed by atoms with Crippen molar-refractivity contribution < 1.29 is 29.1 Å². The number of hydrogen-bond donors (Lipinski definition) is 1. The van der Waals surface area contributed by atoms with E-state index in [1.54, 1.807) is 25.1 Å². The topological polar surface area (TPSA) is 103 Å². The zero-order valence-electron chi connectivity index (χ0n) is 24.0. The molecule has 1 heterocycles. The maximum atomic E-state index is 11.5. The van der Waals surface area contributed by atoms with Crippen molar-refractivity contribution in [2.75, 3.05) is 19.8 Å². The first-order valence-corrected chi connectivity index (χ1v) is 13.9. The van der Waals surface area contributed by atoms with Crippen molar-refractivity contribution in [2.24, 2.45) is 10.8 Å². The zero-order chi connectivity index (χ0) is 29.8. The third-order valence-corrected chi connectivity index (χ3v) is 7.93. The fourth-order valence-corrected chi connectivity index (χ4v) is 6.55. The maximum absolute atomic E-state index is 11.5. The average molecular weight is 579 g/mol. The van der Waals surface area contributed by atoms with Crippen LogP contribution in [0.5, 0.6) is 11.6 Å². The Morgan fingerprint density at radius 1 is 1.07 bits per heavy atom. The minimum atomic E-state index is -0.381. The molecule has 8 nitrogen and oxygen atoms in total. The third-order valence-electron chi connectivity index (χ3n) is 7.62. The molecule has 0 spiro atoms. The summed E-state index contributed by atoms with van der Waals surface area (Å²) in [5, 5.41) is 22.7. The molecule has 0 aliphatic heterocycles. The summed E-state index contributed by atoms with van der Waals surface area (Å²) in [4.78, 5) is 21.5. The van der Waals surface area contributed by atoms with Gasteiger partial charge in [-0.2, -0.15) is 5.26 Å². The van der Waals surface area contributed by atoms with Gasteiger partial charge >= 0.3 is 5.97 Å². The van der Waals surface area contributed by atoms with Crippen LogP contribution in [0.2, 0.25) is 5.02 Å². The van der Waals surface area contributed by atoms with Gasteiger partial charge in [0.25, 0.3) is 0 Å². The Balaban J connectivity index is 1.54. The molecular weight excluding hydrogens is 544 g/mol. The van der Waals surface area contributed by atoms with Gasteiger partial charge in [-0.1, -0.05) is 69.3 Å². The van der Waals surface area contributed by atoms with Gasteiger partial charge in [-0.25, -0.2) is 9.78 Å². The zero-order valence-corrected chi connectivity index (χ0v) is 24.7. The van der Waals surface area contributed by atoms with E-state index in [9.17, 15) is 15.2 Å². The van der Waals surface area contributed by atoms with Crippen molar-refractivity contribution in [3.8, 4) is 29.5 Å². The molecule has 1 aliphatic rings. The third kappa shape index (κ3) is 6.01. The minimum Gasteiger partial charge on any atom is -0.494 e. The molecule has 0 bridgehead atoms. The second-order valence-electron chi connectivity index (χ2n) is 11.2. The molecule has 1 aliphatic carbocycles. The van der Waals surface area contributed by atoms with Crippen LogP contribution in [0.15, 0.2) is 42.5 Å². The number of ether oxygens (including phenoxy) is 2. The van der Waals surface area contributed by atoms with E-state index >= 15 is 0 Å². The minimum absolute atomic E-state index is 0.0386. The molecule has 216 valence electrons. The van der Waals surface area contributed by atoms with Crippen molar-refractivity contribution in [2.45, 2.75) is 59.6 Å². The Morgan fingerprint density at radius 3 is 2.44 bits per heavy atom. The van der Waals surface area contributed by atoms with Gasteiger partial charge in [-0.15, -0.1) is 0 Å². The van der Waals surface area contributed by atoms with Gasteiger partial charge < -0.3 is 19.1 Å². The standard InChI is InChI=1S/C32H35ClN2O6/c1-6-38-27(36)16-18-40-39-17-10-9-13-26-23-11-7-8-12-24(23)28(37)35(26)29-31(2,3)30(32(29,4)5)41-22-15-14-21(20-34)25(33)19-22/h7-8,11-12,14-15,19,29-30,37H,6,13,16-18H2,1-5H3/t29-,30-. The van der Waals surface area contributed by atoms with E-state index in [0.717, 1.165) is 16.5 Å². The quantitative estimate of drug-likeness (QED) is 0.0979. The highest BCUT2D eigenvalue weighted by Crippen LogP contribution is 2.64. The van der Waals surface area contributed by atoms with E-state index in [4.69, 9.17) is 30.8 Å². The Morgan fingerprint density at radius 2 is 1.78 bits per heavy atom. The van der Waals surface area contributed by atoms with Crippen LogP contribution in [0.1, 0.15) is 58.3 Å². The van der Waals surface area contributed by atoms with E-state index in [2.05, 4.69) is 45.6 Å². The number of aromatic nitrogens is 1. The summed E-state index contributed by atoms with van der Waals surface area (Å²) < 4.78 is 13.3. The molecule has 2 aromatic carbocycles. The first-order valence-electron chi connectivity index (χ1n) is 13.6. The van der Waals surface area contributed by atoms with Crippen molar-refractivity contribution in [1.29, 1.82) is 5.26 Å². The molecule has 1 saturated carbocycles. The smallest absolute Gasteiger partial charge is 0.308 e. The Kier molecular flexibility index (Phi) is 9.19. The number of carbonyl (C=O) groups excluding carboxylic acids is 1. The largest absolute Gasteiger partial charge is 0.494 e. The number of aromatic hydroxyl groups is 1. The molecule has 4 rings (SSSR count). The van der Waals surface area contributed by atoms with Crippen LogP contribution in [0.3, 0.4) is 0 Å². The molecule has 1 aromatic heterocycles. The fourth-order valence-electron chi connectivity index (χ4n) is 6.33. The lowest BCUT2D eigenvalue weighted by molar-refractivity contribution is -0.284. The van der Waals surface area contributed by atoms with Crippen LogP contribution < -0.4 is 4.74 Å². The number of benzene rings is 2. The molecule has 0 saturated heterocycles. The Bertz CT molecular complexity index is 1510. The number of hydrogen-bond acceptors (Lipinski definition) is 7. The number of rotatable bonds is 10. The van der Waals surface area contributed by atoms with Crippen LogP contribution in [0.4, 0.5) is 0 Å². The predicted molar refractivity (Wildman–Crippen MR) is 155 cm³/mol. The normalized spacial score (nSPS) is 18.6. The summed E-state index contributed by atoms with van der Waals surface area (Å²) in [5.41, 5.74) is 0.537. The van der Waals surface area contributed by atoms with Crippen LogP contribution in [-0.4, -0.2) is 41.6 Å². The molecule has 1 N–H and O–H groups in total. The van der Waals surface area contributed by atoms with Gasteiger partial charge in [0.2, 0.25) is 0 Å². The van der Waals surface area contributed by atoms with E-state index in [0.29, 0.717) is 29.4 Å². The lowest BCUT2D eigenvalue weighted by atomic mass is 9.49. The maximum Gasteiger partial charge on any atom is 0.308 e. The molecule has 0 amide bonds. The second kappa shape index (κ2) is 12.4. The van der Waals surface area contributed by atoms with E-state index in [1.807, 2.05) is 28.8 Å². The number of nitrogens with zero attached hydrogens (tertiary/aromatic N) is 2. The van der Waals surface area contributed by atoms with Crippen LogP contribution in [-0.2, 0) is 25.7 Å². The summed E-state index contributed by atoms with van der Waals surface area (Å²) in [6, 6.07) is 14.8. The molecule has 0 atom stereocenters. The second-order valence-corrected chi connectivity index (χ2v) is 11.6. The molecule has 0 radical (unpaired) electrons. The van der Waals surface area contributed by atoms with Gasteiger partial charge in [0, 0.05) is 33.4 Å². The first-order chi connectivity index (χ1) is 19.5. The van der Waals surface area contributed by atoms with E-state index in [-0.39, 0.29) is 54.5 Å². The Hall–Kier alpha value is -3.69. The summed E-state index contributed by atoms with van der Waals surface area (Å²) in [6.07, 6.45) is 0.288. The lowest BCUT2D eigenvalue weighted by Gasteiger charge is -2.63. The number of fused-ring (bicyclic) bond motifs is 1. The lowest BCUT2D eigenvalue weighted by Crippen LogP contribution is -2.66. The number of carbonyl (C=O) groups is 1. The first kappa shape index (κ1) is 30.3. The summed E-state index contributed by atoms with van der Waals surface area (Å²) >= 11 is 6.26. The molecule has 1 fully saturated rings. The number of halogens is 1. The van der Waals surface area contributed by atoms with Gasteiger partial charge in [0.05, 0.1) is 42.7 Å². The van der Waals surface area contributed by atoms with Gasteiger partial charge in [-0.3, -0.25) is 4.79 Å². The summed E-state index contributed by atoms with van der Waals surface area (Å²) in [5.74, 6) is 6.54. The molecule has 9 heteroatoms. The van der Waals surface area contributed by atoms with Crippen molar-refractivity contribution in [3.05, 3.63) is 58.7 Å². The summed E-state index contributed by atoms with van der Waals surface area (Å²) in [6.45, 7) is 10.7. The van der Waals surface area contributed by atoms with E-state index in [1.165, 1.54) is 0 Å². The molecule has 41 heavy (non-hydrogen) atoms. The van der Waals surface area contributed by atoms with Crippen molar-refractivity contribution in [3.63, 3.8) is 0 Å². The van der Waals surface area contributed by atoms with Crippen molar-refractivity contribution in [1.82, 2.24) is 4.57 Å². The monoisotopic (exact) mass is 578 g/mol. The molecule has 0 unspecified atom stereocenters. The molecular formula is C32H35ClN2O6. The predicted octanol–water partition coefficient (Wildman–Crippen LogP) is 6.37. The molecule has 3 aromatic rings. The van der Waals surface area contributed by atoms with Gasteiger partial charge in [0.15, 0.2) is 5.88 Å². The van der Waals surface area contributed by atoms with Crippen LogP contribution in [0, 0.1) is 34.0 Å². The number of nitriles is 1. The van der Waals surface area contributed by atoms with Gasteiger partial charge in [-0.05, 0) is 25.1 Å². The fraction of sp³-hybridized carbons (Fsp3) is 0.438. The van der Waals surface area contributed by atoms with E-state index < -0.39 is 0 Å². The SMILES string of the molecule is CCOC(=O)CCOOCC#CCc1c2ccccc2c(O)n1[C@H]1C(C)(C)[C@H](Oc2ccc(C#N)c(Cl)c2)C1(C)C. The highest BCUT2D eigenvalue weighted by Gasteiger charge is 2.65. The van der Waals surface area contributed by atoms with Crippen LogP contribution in [0.25, 0.3) is 10.8 Å².